The van der Waals surface area contributed by atoms with Crippen LogP contribution in [0, 0.1) is 5.82 Å². The second kappa shape index (κ2) is 7.03. The Morgan fingerprint density at radius 2 is 2.00 bits per heavy atom. The molecule has 0 aromatic heterocycles. The fourth-order valence-electron chi connectivity index (χ4n) is 2.92. The van der Waals surface area contributed by atoms with Gasteiger partial charge in [0.15, 0.2) is 0 Å². The Bertz CT molecular complexity index is 483. The van der Waals surface area contributed by atoms with E-state index in [0.29, 0.717) is 12.1 Å². The second-order valence-corrected chi connectivity index (χ2v) is 6.18. The first-order valence-corrected chi connectivity index (χ1v) is 7.74. The van der Waals surface area contributed by atoms with E-state index in [2.05, 4.69) is 10.2 Å². The summed E-state index contributed by atoms with van der Waals surface area (Å²) in [5.74, 6) is -0.274. The molecule has 1 N–H and O–H groups in total. The van der Waals surface area contributed by atoms with Crippen molar-refractivity contribution in [2.75, 3.05) is 27.2 Å². The van der Waals surface area contributed by atoms with Gasteiger partial charge in [0, 0.05) is 12.1 Å². The highest BCUT2D eigenvalue weighted by atomic mass is 19.1. The minimum absolute atomic E-state index is 0.0105. The Balaban J connectivity index is 1.92. The van der Waals surface area contributed by atoms with E-state index in [1.807, 2.05) is 20.2 Å². The zero-order valence-corrected chi connectivity index (χ0v) is 13.0. The summed E-state index contributed by atoms with van der Waals surface area (Å²) in [6.07, 6.45) is 4.49. The van der Waals surface area contributed by atoms with E-state index < -0.39 is 5.41 Å². The molecule has 1 aliphatic rings. The molecule has 1 aromatic carbocycles. The van der Waals surface area contributed by atoms with Gasteiger partial charge in [-0.15, -0.1) is 0 Å². The first-order chi connectivity index (χ1) is 10.1. The van der Waals surface area contributed by atoms with E-state index in [0.717, 1.165) is 38.6 Å². The Morgan fingerprint density at radius 1 is 1.29 bits per heavy atom. The normalized spacial score (nSPS) is 16.6. The van der Waals surface area contributed by atoms with E-state index in [1.165, 1.54) is 6.07 Å². The first-order valence-electron chi connectivity index (χ1n) is 7.74. The van der Waals surface area contributed by atoms with Gasteiger partial charge in [0.2, 0.25) is 5.91 Å². The summed E-state index contributed by atoms with van der Waals surface area (Å²) in [7, 11) is 4.08. The number of unbranched alkanes of at least 4 members (excludes halogenated alkanes) is 1. The Morgan fingerprint density at radius 3 is 2.57 bits per heavy atom. The number of carbonyl (C=O) groups is 1. The van der Waals surface area contributed by atoms with Crippen LogP contribution in [-0.4, -0.2) is 38.0 Å². The van der Waals surface area contributed by atoms with Crippen molar-refractivity contribution in [1.29, 1.82) is 0 Å². The van der Waals surface area contributed by atoms with Crippen molar-refractivity contribution in [1.82, 2.24) is 10.2 Å². The average molecular weight is 292 g/mol. The summed E-state index contributed by atoms with van der Waals surface area (Å²) in [5.41, 5.74) is -0.0746. The predicted molar refractivity (Wildman–Crippen MR) is 82.7 cm³/mol. The lowest BCUT2D eigenvalue weighted by Crippen LogP contribution is -2.50. The van der Waals surface area contributed by atoms with Crippen molar-refractivity contribution in [2.45, 2.75) is 37.5 Å². The van der Waals surface area contributed by atoms with Gasteiger partial charge in [-0.2, -0.15) is 0 Å². The predicted octanol–water partition coefficient (Wildman–Crippen LogP) is 2.71. The van der Waals surface area contributed by atoms with Crippen molar-refractivity contribution in [2.24, 2.45) is 0 Å². The average Bonchev–Trinajstić information content (AvgIpc) is 2.39. The van der Waals surface area contributed by atoms with Crippen LogP contribution >= 0.6 is 0 Å². The second-order valence-electron chi connectivity index (χ2n) is 6.18. The van der Waals surface area contributed by atoms with E-state index >= 15 is 0 Å². The molecule has 3 nitrogen and oxygen atoms in total. The van der Waals surface area contributed by atoms with Gasteiger partial charge in [0.25, 0.3) is 0 Å². The summed E-state index contributed by atoms with van der Waals surface area (Å²) in [5, 5.41) is 3.00. The van der Waals surface area contributed by atoms with Crippen LogP contribution in [0.15, 0.2) is 24.3 Å². The Labute approximate surface area is 126 Å². The summed E-state index contributed by atoms with van der Waals surface area (Å²) in [4.78, 5) is 14.6. The standard InChI is InChI=1S/C17H25FN2O/c1-20(2)13-6-5-12-19-16(21)17(10-7-11-17)14-8-3-4-9-15(14)18/h3-4,8-9H,5-7,10-13H2,1-2H3,(H,19,21). The lowest BCUT2D eigenvalue weighted by Gasteiger charge is -2.40. The lowest BCUT2D eigenvalue weighted by molar-refractivity contribution is -0.130. The van der Waals surface area contributed by atoms with E-state index in [1.54, 1.807) is 12.1 Å². The molecule has 1 amide bonds. The number of nitrogens with zero attached hydrogens (tertiary/aromatic N) is 1. The van der Waals surface area contributed by atoms with Crippen LogP contribution in [0.5, 0.6) is 0 Å². The number of hydrogen-bond donors (Lipinski definition) is 1. The number of amides is 1. The molecule has 0 unspecified atom stereocenters. The molecule has 4 heteroatoms. The van der Waals surface area contributed by atoms with Crippen molar-refractivity contribution in [3.63, 3.8) is 0 Å². The fourth-order valence-corrected chi connectivity index (χ4v) is 2.92. The summed E-state index contributed by atoms with van der Waals surface area (Å²) in [6.45, 7) is 1.69. The molecular weight excluding hydrogens is 267 g/mol. The molecule has 0 atom stereocenters. The molecule has 0 bridgehead atoms. The SMILES string of the molecule is CN(C)CCCCNC(=O)C1(c2ccccc2F)CCC1. The summed E-state index contributed by atoms with van der Waals surface area (Å²) in [6, 6.07) is 6.67. The molecule has 0 radical (unpaired) electrons. The minimum atomic E-state index is -0.632. The maximum Gasteiger partial charge on any atom is 0.230 e. The highest BCUT2D eigenvalue weighted by molar-refractivity contribution is 5.89. The van der Waals surface area contributed by atoms with Crippen LogP contribution in [0.4, 0.5) is 4.39 Å². The summed E-state index contributed by atoms with van der Waals surface area (Å²) < 4.78 is 14.0. The monoisotopic (exact) mass is 292 g/mol. The lowest BCUT2D eigenvalue weighted by atomic mass is 9.63. The molecular formula is C17H25FN2O. The number of rotatable bonds is 7. The third-order valence-electron chi connectivity index (χ3n) is 4.35. The maximum atomic E-state index is 14.0. The van der Waals surface area contributed by atoms with Gasteiger partial charge in [-0.05, 0) is 52.4 Å². The third kappa shape index (κ3) is 3.62. The fraction of sp³-hybridized carbons (Fsp3) is 0.588. The molecule has 0 heterocycles. The van der Waals surface area contributed by atoms with E-state index in [9.17, 15) is 9.18 Å². The molecule has 21 heavy (non-hydrogen) atoms. The maximum absolute atomic E-state index is 14.0. The molecule has 0 aliphatic heterocycles. The molecule has 1 aromatic rings. The van der Waals surface area contributed by atoms with Gasteiger partial charge in [0.1, 0.15) is 5.82 Å². The molecule has 0 spiro atoms. The zero-order valence-electron chi connectivity index (χ0n) is 13.0. The topological polar surface area (TPSA) is 32.3 Å². The molecule has 1 saturated carbocycles. The van der Waals surface area contributed by atoms with Crippen molar-refractivity contribution < 1.29 is 9.18 Å². The molecule has 2 rings (SSSR count). The highest BCUT2D eigenvalue weighted by Crippen LogP contribution is 2.44. The first kappa shape index (κ1) is 16.0. The number of nitrogens with one attached hydrogen (secondary N) is 1. The highest BCUT2D eigenvalue weighted by Gasteiger charge is 2.46. The van der Waals surface area contributed by atoms with Crippen LogP contribution in [0.2, 0.25) is 0 Å². The van der Waals surface area contributed by atoms with Gasteiger partial charge >= 0.3 is 0 Å². The van der Waals surface area contributed by atoms with Gasteiger partial charge < -0.3 is 10.2 Å². The van der Waals surface area contributed by atoms with Crippen molar-refractivity contribution >= 4 is 5.91 Å². The smallest absolute Gasteiger partial charge is 0.230 e. The van der Waals surface area contributed by atoms with Crippen LogP contribution < -0.4 is 5.32 Å². The number of hydrogen-bond acceptors (Lipinski definition) is 2. The van der Waals surface area contributed by atoms with Gasteiger partial charge in [0.05, 0.1) is 5.41 Å². The zero-order chi connectivity index (χ0) is 15.3. The van der Waals surface area contributed by atoms with Crippen LogP contribution in [0.1, 0.15) is 37.7 Å². The van der Waals surface area contributed by atoms with E-state index in [-0.39, 0.29) is 11.7 Å². The van der Waals surface area contributed by atoms with Crippen LogP contribution in [-0.2, 0) is 10.2 Å². The van der Waals surface area contributed by atoms with Crippen LogP contribution in [0.3, 0.4) is 0 Å². The number of carbonyl (C=O) groups excluding carboxylic acids is 1. The van der Waals surface area contributed by atoms with Gasteiger partial charge in [-0.1, -0.05) is 24.6 Å². The van der Waals surface area contributed by atoms with Crippen molar-refractivity contribution in [3.8, 4) is 0 Å². The Kier molecular flexibility index (Phi) is 5.34. The number of benzene rings is 1. The molecule has 116 valence electrons. The van der Waals surface area contributed by atoms with Gasteiger partial charge in [-0.3, -0.25) is 4.79 Å². The van der Waals surface area contributed by atoms with Crippen LogP contribution in [0.25, 0.3) is 0 Å². The minimum Gasteiger partial charge on any atom is -0.355 e. The summed E-state index contributed by atoms with van der Waals surface area (Å²) >= 11 is 0. The number of halogens is 1. The van der Waals surface area contributed by atoms with E-state index in [4.69, 9.17) is 0 Å². The Hall–Kier alpha value is -1.42. The quantitative estimate of drug-likeness (QED) is 0.784. The third-order valence-corrected chi connectivity index (χ3v) is 4.35. The molecule has 1 fully saturated rings. The molecule has 0 saturated heterocycles. The largest absolute Gasteiger partial charge is 0.355 e. The van der Waals surface area contributed by atoms with Crippen molar-refractivity contribution in [3.05, 3.63) is 35.6 Å². The van der Waals surface area contributed by atoms with Gasteiger partial charge in [-0.25, -0.2) is 4.39 Å². The molecule has 1 aliphatic carbocycles.